The van der Waals surface area contributed by atoms with Gasteiger partial charge in [0.2, 0.25) is 0 Å². The molecule has 0 heterocycles. The molecule has 0 aromatic heterocycles. The second-order valence-electron chi connectivity index (χ2n) is 5.41. The Bertz CT molecular complexity index is 393. The number of benzene rings is 1. The van der Waals surface area contributed by atoms with Gasteiger partial charge in [-0.1, -0.05) is 45.0 Å². The summed E-state index contributed by atoms with van der Waals surface area (Å²) in [7, 11) is 0. The Morgan fingerprint density at radius 1 is 1.41 bits per heavy atom. The van der Waals surface area contributed by atoms with Crippen LogP contribution in [0.5, 0.6) is 0 Å². The quantitative estimate of drug-likeness (QED) is 0.843. The first-order valence-electron chi connectivity index (χ1n) is 5.88. The Hall–Kier alpha value is -1.35. The molecule has 0 aliphatic heterocycles. The van der Waals surface area contributed by atoms with Crippen LogP contribution in [0.3, 0.4) is 0 Å². The summed E-state index contributed by atoms with van der Waals surface area (Å²) < 4.78 is 0. The van der Waals surface area contributed by atoms with Crippen molar-refractivity contribution in [2.24, 2.45) is 5.73 Å². The molecule has 0 aliphatic rings. The third-order valence-electron chi connectivity index (χ3n) is 2.85. The molecule has 1 aromatic carbocycles. The number of carboxylic acid groups (broad SMARTS) is 1. The summed E-state index contributed by atoms with van der Waals surface area (Å²) in [5, 5.41) is 8.64. The summed E-state index contributed by atoms with van der Waals surface area (Å²) in [4.78, 5) is 10.5. The molecule has 0 spiro atoms. The highest BCUT2D eigenvalue weighted by atomic mass is 16.4. The van der Waals surface area contributed by atoms with E-state index in [4.69, 9.17) is 10.8 Å². The van der Waals surface area contributed by atoms with Gasteiger partial charge in [-0.3, -0.25) is 4.79 Å². The normalized spacial score (nSPS) is 13.4. The highest BCUT2D eigenvalue weighted by Gasteiger charge is 2.15. The molecule has 0 aliphatic carbocycles. The monoisotopic (exact) mass is 235 g/mol. The molecule has 94 valence electrons. The van der Waals surface area contributed by atoms with Crippen LogP contribution >= 0.6 is 0 Å². The fourth-order valence-corrected chi connectivity index (χ4v) is 1.68. The highest BCUT2D eigenvalue weighted by Crippen LogP contribution is 2.25. The predicted molar refractivity (Wildman–Crippen MR) is 68.9 cm³/mol. The van der Waals surface area contributed by atoms with E-state index < -0.39 is 5.97 Å². The standard InChI is InChI=1S/C14H21NO2/c1-14(2,3)11-6-4-5-10(9-11)12(15)7-8-13(16)17/h4-6,9,12H,7-8,15H2,1-3H3,(H,16,17). The third-order valence-corrected chi connectivity index (χ3v) is 2.85. The number of hydrogen-bond acceptors (Lipinski definition) is 2. The van der Waals surface area contributed by atoms with Crippen molar-refractivity contribution in [3.8, 4) is 0 Å². The summed E-state index contributed by atoms with van der Waals surface area (Å²) in [5.74, 6) is -0.799. The maximum atomic E-state index is 10.5. The predicted octanol–water partition coefficient (Wildman–Crippen LogP) is 2.85. The van der Waals surface area contributed by atoms with Crippen molar-refractivity contribution in [1.29, 1.82) is 0 Å². The van der Waals surface area contributed by atoms with Crippen molar-refractivity contribution < 1.29 is 9.90 Å². The Balaban J connectivity index is 2.81. The average Bonchev–Trinajstić information content (AvgIpc) is 2.25. The average molecular weight is 235 g/mol. The number of carbonyl (C=O) groups is 1. The van der Waals surface area contributed by atoms with Crippen LogP contribution in [0.15, 0.2) is 24.3 Å². The van der Waals surface area contributed by atoms with Crippen molar-refractivity contribution in [3.63, 3.8) is 0 Å². The molecular formula is C14H21NO2. The molecule has 0 saturated heterocycles. The van der Waals surface area contributed by atoms with Crippen molar-refractivity contribution in [1.82, 2.24) is 0 Å². The minimum absolute atomic E-state index is 0.0858. The molecule has 3 heteroatoms. The van der Waals surface area contributed by atoms with Crippen LogP contribution in [0, 0.1) is 0 Å². The van der Waals surface area contributed by atoms with Crippen LogP contribution in [0.1, 0.15) is 50.8 Å². The van der Waals surface area contributed by atoms with E-state index in [1.165, 1.54) is 5.56 Å². The van der Waals surface area contributed by atoms with Gasteiger partial charge in [0.1, 0.15) is 0 Å². The molecular weight excluding hydrogens is 214 g/mol. The van der Waals surface area contributed by atoms with Gasteiger partial charge in [0, 0.05) is 12.5 Å². The van der Waals surface area contributed by atoms with Gasteiger partial charge in [-0.05, 0) is 23.0 Å². The van der Waals surface area contributed by atoms with Crippen molar-refractivity contribution in [2.75, 3.05) is 0 Å². The van der Waals surface area contributed by atoms with Gasteiger partial charge >= 0.3 is 5.97 Å². The van der Waals surface area contributed by atoms with E-state index in [-0.39, 0.29) is 17.9 Å². The molecule has 17 heavy (non-hydrogen) atoms. The van der Waals surface area contributed by atoms with Gasteiger partial charge in [-0.2, -0.15) is 0 Å². The topological polar surface area (TPSA) is 63.3 Å². The second-order valence-corrected chi connectivity index (χ2v) is 5.41. The molecule has 1 rings (SSSR count). The van der Waals surface area contributed by atoms with E-state index >= 15 is 0 Å². The maximum Gasteiger partial charge on any atom is 0.303 e. The van der Waals surface area contributed by atoms with Gasteiger partial charge in [-0.15, -0.1) is 0 Å². The Labute approximate surface area is 103 Å². The van der Waals surface area contributed by atoms with Crippen LogP contribution in [0.2, 0.25) is 0 Å². The number of rotatable bonds is 4. The maximum absolute atomic E-state index is 10.5. The fraction of sp³-hybridized carbons (Fsp3) is 0.500. The largest absolute Gasteiger partial charge is 0.481 e. The number of nitrogens with two attached hydrogens (primary N) is 1. The van der Waals surface area contributed by atoms with E-state index in [1.54, 1.807) is 0 Å². The summed E-state index contributed by atoms with van der Waals surface area (Å²) in [6.07, 6.45) is 0.587. The lowest BCUT2D eigenvalue weighted by Gasteiger charge is -2.21. The van der Waals surface area contributed by atoms with E-state index in [0.29, 0.717) is 6.42 Å². The number of hydrogen-bond donors (Lipinski definition) is 2. The summed E-state index contributed by atoms with van der Waals surface area (Å²) in [6.45, 7) is 6.44. The van der Waals surface area contributed by atoms with Crippen LogP contribution in [0.4, 0.5) is 0 Å². The molecule has 0 bridgehead atoms. The molecule has 0 saturated carbocycles. The number of aliphatic carboxylic acids is 1. The van der Waals surface area contributed by atoms with Crippen molar-refractivity contribution in [2.45, 2.75) is 45.1 Å². The lowest BCUT2D eigenvalue weighted by Crippen LogP contribution is -2.15. The minimum Gasteiger partial charge on any atom is -0.481 e. The highest BCUT2D eigenvalue weighted by molar-refractivity contribution is 5.66. The summed E-state index contributed by atoms with van der Waals surface area (Å²) in [5.41, 5.74) is 8.31. The van der Waals surface area contributed by atoms with E-state index in [2.05, 4.69) is 32.9 Å². The smallest absolute Gasteiger partial charge is 0.303 e. The lowest BCUT2D eigenvalue weighted by molar-refractivity contribution is -0.137. The zero-order valence-corrected chi connectivity index (χ0v) is 10.7. The van der Waals surface area contributed by atoms with E-state index in [0.717, 1.165) is 5.56 Å². The summed E-state index contributed by atoms with van der Waals surface area (Å²) >= 11 is 0. The van der Waals surface area contributed by atoms with Gasteiger partial charge in [-0.25, -0.2) is 0 Å². The molecule has 1 atom stereocenters. The molecule has 0 amide bonds. The summed E-state index contributed by atoms with van der Waals surface area (Å²) in [6, 6.07) is 7.89. The molecule has 0 radical (unpaired) electrons. The SMILES string of the molecule is CC(C)(C)c1cccc(C(N)CCC(=O)O)c1. The van der Waals surface area contributed by atoms with Crippen LogP contribution < -0.4 is 5.73 Å². The van der Waals surface area contributed by atoms with Crippen LogP contribution in [-0.2, 0) is 10.2 Å². The van der Waals surface area contributed by atoms with E-state index in [1.807, 2.05) is 12.1 Å². The lowest BCUT2D eigenvalue weighted by atomic mass is 9.85. The first kappa shape index (κ1) is 13.7. The second kappa shape index (κ2) is 5.32. The van der Waals surface area contributed by atoms with Crippen molar-refractivity contribution >= 4 is 5.97 Å². The molecule has 1 aromatic rings. The van der Waals surface area contributed by atoms with Gasteiger partial charge in [0.05, 0.1) is 0 Å². The van der Waals surface area contributed by atoms with E-state index in [9.17, 15) is 4.79 Å². The molecule has 0 fully saturated rings. The number of carboxylic acids is 1. The molecule has 3 nitrogen and oxygen atoms in total. The van der Waals surface area contributed by atoms with Gasteiger partial charge in [0.25, 0.3) is 0 Å². The minimum atomic E-state index is -0.799. The molecule has 3 N–H and O–H groups in total. The van der Waals surface area contributed by atoms with Crippen molar-refractivity contribution in [3.05, 3.63) is 35.4 Å². The van der Waals surface area contributed by atoms with Crippen LogP contribution in [0.25, 0.3) is 0 Å². The van der Waals surface area contributed by atoms with Gasteiger partial charge in [0.15, 0.2) is 0 Å². The zero-order chi connectivity index (χ0) is 13.1. The molecule has 1 unspecified atom stereocenters. The first-order chi connectivity index (χ1) is 7.80. The first-order valence-corrected chi connectivity index (χ1v) is 5.88. The van der Waals surface area contributed by atoms with Crippen LogP contribution in [-0.4, -0.2) is 11.1 Å². The fourth-order valence-electron chi connectivity index (χ4n) is 1.68. The zero-order valence-electron chi connectivity index (χ0n) is 10.7. The Kier molecular flexibility index (Phi) is 4.29. The Morgan fingerprint density at radius 2 is 2.06 bits per heavy atom. The van der Waals surface area contributed by atoms with Gasteiger partial charge < -0.3 is 10.8 Å². The Morgan fingerprint density at radius 3 is 2.59 bits per heavy atom. The third kappa shape index (κ3) is 4.19.